The van der Waals surface area contributed by atoms with Crippen molar-refractivity contribution < 1.29 is 22.8 Å². The number of alkyl halides is 3. The van der Waals surface area contributed by atoms with Gasteiger partial charge >= 0.3 is 6.18 Å². The van der Waals surface area contributed by atoms with Gasteiger partial charge in [0.2, 0.25) is 5.91 Å². The van der Waals surface area contributed by atoms with Crippen molar-refractivity contribution in [2.45, 2.75) is 38.5 Å². The number of benzene rings is 3. The number of fused-ring (bicyclic) bond motifs is 1. The first-order valence-electron chi connectivity index (χ1n) is 15.4. The van der Waals surface area contributed by atoms with Crippen molar-refractivity contribution in [3.63, 3.8) is 0 Å². The van der Waals surface area contributed by atoms with Crippen molar-refractivity contribution in [1.82, 2.24) is 19.8 Å². The molecule has 2 heterocycles. The van der Waals surface area contributed by atoms with E-state index in [1.165, 1.54) is 18.3 Å². The first-order valence-corrected chi connectivity index (χ1v) is 15.4. The van der Waals surface area contributed by atoms with Gasteiger partial charge in [-0.05, 0) is 73.1 Å². The molecule has 0 aliphatic carbocycles. The Bertz CT molecular complexity index is 1850. The molecule has 1 unspecified atom stereocenters. The number of hydrogen-bond acceptors (Lipinski definition) is 5. The lowest BCUT2D eigenvalue weighted by Crippen LogP contribution is -2.40. The fourth-order valence-corrected chi connectivity index (χ4v) is 5.48. The second-order valence-electron chi connectivity index (χ2n) is 11.5. The largest absolute Gasteiger partial charge is 0.416 e. The van der Waals surface area contributed by atoms with Crippen molar-refractivity contribution in [2.24, 2.45) is 0 Å². The number of pyridine rings is 2. The smallest absolute Gasteiger partial charge is 0.344 e. The van der Waals surface area contributed by atoms with Gasteiger partial charge in [-0.2, -0.15) is 13.2 Å². The Labute approximate surface area is 272 Å². The van der Waals surface area contributed by atoms with Crippen LogP contribution in [0.2, 0.25) is 0 Å². The van der Waals surface area contributed by atoms with Crippen LogP contribution >= 0.6 is 0 Å². The lowest BCUT2D eigenvalue weighted by molar-refractivity contribution is -0.137. The van der Waals surface area contributed by atoms with Crippen molar-refractivity contribution in [3.8, 4) is 11.3 Å². The minimum atomic E-state index is -4.46. The summed E-state index contributed by atoms with van der Waals surface area (Å²) in [6.45, 7) is 3.33. The molecule has 5 rings (SSSR count). The summed E-state index contributed by atoms with van der Waals surface area (Å²) < 4.78 is 39.1. The van der Waals surface area contributed by atoms with Gasteiger partial charge in [0.15, 0.2) is 0 Å². The number of hydrogen-bond donors (Lipinski definition) is 1. The Hall–Kier alpha value is -5.09. The molecule has 0 saturated carbocycles. The van der Waals surface area contributed by atoms with Gasteiger partial charge in [0.05, 0.1) is 22.3 Å². The number of nitrogens with one attached hydrogen (secondary N) is 1. The SMILES string of the molecule is CCCCN(C)C(=O)C(c1ccccc1)N(C)Cc1ccc2nc(NC(=O)c3cccnc3-c3ccc(C(F)(F)F)cc3)ccc2c1. The van der Waals surface area contributed by atoms with Crippen LogP contribution in [0.3, 0.4) is 0 Å². The molecule has 0 fully saturated rings. The molecular weight excluding hydrogens is 603 g/mol. The average molecular weight is 640 g/mol. The molecule has 3 aromatic carbocycles. The molecule has 0 saturated heterocycles. The monoisotopic (exact) mass is 639 g/mol. The average Bonchev–Trinajstić information content (AvgIpc) is 3.07. The van der Waals surface area contributed by atoms with E-state index in [9.17, 15) is 22.8 Å². The first-order chi connectivity index (χ1) is 22.5. The summed E-state index contributed by atoms with van der Waals surface area (Å²) >= 11 is 0. The van der Waals surface area contributed by atoms with E-state index in [-0.39, 0.29) is 17.2 Å². The molecule has 2 amide bonds. The molecular formula is C37H36F3N5O2. The van der Waals surface area contributed by atoms with Crippen molar-refractivity contribution >= 4 is 28.5 Å². The van der Waals surface area contributed by atoms with Crippen molar-refractivity contribution in [3.05, 3.63) is 126 Å². The number of nitrogens with zero attached hydrogens (tertiary/aromatic N) is 4. The highest BCUT2D eigenvalue weighted by atomic mass is 19.4. The second kappa shape index (κ2) is 14.6. The Morgan fingerprint density at radius 1 is 0.894 bits per heavy atom. The number of carbonyl (C=O) groups is 2. The van der Waals surface area contributed by atoms with E-state index in [1.807, 2.05) is 73.6 Å². The quantitative estimate of drug-likeness (QED) is 0.159. The number of likely N-dealkylation sites (N-methyl/N-ethyl adjacent to an activating group) is 2. The number of aromatic nitrogens is 2. The van der Waals surface area contributed by atoms with Crippen LogP contribution in [0.4, 0.5) is 19.0 Å². The summed E-state index contributed by atoms with van der Waals surface area (Å²) in [4.78, 5) is 39.6. The van der Waals surface area contributed by atoms with Gasteiger partial charge < -0.3 is 10.2 Å². The topological polar surface area (TPSA) is 78.4 Å². The molecule has 242 valence electrons. The predicted molar refractivity (Wildman–Crippen MR) is 178 cm³/mol. The molecule has 0 radical (unpaired) electrons. The Balaban J connectivity index is 1.32. The van der Waals surface area contributed by atoms with E-state index in [0.29, 0.717) is 30.0 Å². The molecule has 7 nitrogen and oxygen atoms in total. The zero-order chi connectivity index (χ0) is 33.6. The van der Waals surface area contributed by atoms with Crippen LogP contribution in [-0.4, -0.2) is 52.2 Å². The van der Waals surface area contributed by atoms with E-state index in [1.54, 1.807) is 23.1 Å². The zero-order valence-electron chi connectivity index (χ0n) is 26.5. The maximum Gasteiger partial charge on any atom is 0.416 e. The summed E-state index contributed by atoms with van der Waals surface area (Å²) in [6.07, 6.45) is -1.03. The van der Waals surface area contributed by atoms with E-state index < -0.39 is 23.7 Å². The van der Waals surface area contributed by atoms with Crippen LogP contribution in [0.1, 0.15) is 52.9 Å². The fourth-order valence-electron chi connectivity index (χ4n) is 5.48. The maximum atomic E-state index is 13.6. The van der Waals surface area contributed by atoms with Crippen LogP contribution in [0, 0.1) is 0 Å². The third-order valence-corrected chi connectivity index (χ3v) is 7.98. The standard InChI is InChI=1S/C37H36F3N5O2/c1-4-5-22-44(2)36(47)34(27-10-7-6-8-11-27)45(3)24-25-13-19-31-28(23-25)16-20-32(42-31)43-35(46)30-12-9-21-41-33(30)26-14-17-29(18-15-26)37(38,39)40/h6-21,23,34H,4-5,22,24H2,1-3H3,(H,42,43,46). The van der Waals surface area contributed by atoms with Crippen LogP contribution in [-0.2, 0) is 17.5 Å². The molecule has 0 spiro atoms. The van der Waals surface area contributed by atoms with Crippen molar-refractivity contribution in [2.75, 3.05) is 26.0 Å². The van der Waals surface area contributed by atoms with Crippen molar-refractivity contribution in [1.29, 1.82) is 0 Å². The molecule has 2 aromatic heterocycles. The van der Waals surface area contributed by atoms with E-state index in [2.05, 4.69) is 22.2 Å². The highest BCUT2D eigenvalue weighted by Gasteiger charge is 2.30. The van der Waals surface area contributed by atoms with Gasteiger partial charge in [-0.25, -0.2) is 4.98 Å². The highest BCUT2D eigenvalue weighted by Crippen LogP contribution is 2.32. The lowest BCUT2D eigenvalue weighted by atomic mass is 10.0. The molecule has 0 aliphatic heterocycles. The second-order valence-corrected chi connectivity index (χ2v) is 11.5. The first kappa shape index (κ1) is 33.3. The summed E-state index contributed by atoms with van der Waals surface area (Å²) in [6, 6.07) is 26.4. The molecule has 0 bridgehead atoms. The lowest BCUT2D eigenvalue weighted by Gasteiger charge is -2.31. The van der Waals surface area contributed by atoms with Crippen LogP contribution in [0.15, 0.2) is 103 Å². The van der Waals surface area contributed by atoms with Gasteiger partial charge in [0.1, 0.15) is 11.9 Å². The minimum Gasteiger partial charge on any atom is -0.344 e. The zero-order valence-corrected chi connectivity index (χ0v) is 26.5. The molecule has 5 aromatic rings. The summed E-state index contributed by atoms with van der Waals surface area (Å²) in [5.74, 6) is -0.122. The Morgan fingerprint density at radius 3 is 2.34 bits per heavy atom. The fraction of sp³-hybridized carbons (Fsp3) is 0.243. The molecule has 47 heavy (non-hydrogen) atoms. The third-order valence-electron chi connectivity index (χ3n) is 7.98. The summed E-state index contributed by atoms with van der Waals surface area (Å²) in [5.41, 5.74) is 2.67. The van der Waals surface area contributed by atoms with E-state index in [4.69, 9.17) is 0 Å². The maximum absolute atomic E-state index is 13.6. The van der Waals surface area contributed by atoms with E-state index >= 15 is 0 Å². The number of carbonyl (C=O) groups excluding carboxylic acids is 2. The van der Waals surface area contributed by atoms with Gasteiger partial charge in [0, 0.05) is 37.3 Å². The summed E-state index contributed by atoms with van der Waals surface area (Å²) in [7, 11) is 3.80. The minimum absolute atomic E-state index is 0.0464. The number of rotatable bonds is 11. The summed E-state index contributed by atoms with van der Waals surface area (Å²) in [5, 5.41) is 3.66. The van der Waals surface area contributed by atoms with Crippen LogP contribution in [0.25, 0.3) is 22.2 Å². The Kier molecular flexibility index (Phi) is 10.3. The van der Waals surface area contributed by atoms with Crippen LogP contribution < -0.4 is 5.32 Å². The molecule has 10 heteroatoms. The van der Waals surface area contributed by atoms with Gasteiger partial charge in [0.25, 0.3) is 5.91 Å². The van der Waals surface area contributed by atoms with Gasteiger partial charge in [-0.15, -0.1) is 0 Å². The van der Waals surface area contributed by atoms with Crippen LogP contribution in [0.5, 0.6) is 0 Å². The van der Waals surface area contributed by atoms with Gasteiger partial charge in [-0.1, -0.05) is 61.9 Å². The number of unbranched alkanes of at least 4 members (excludes halogenated alkanes) is 1. The van der Waals surface area contributed by atoms with Gasteiger partial charge in [-0.3, -0.25) is 19.5 Å². The highest BCUT2D eigenvalue weighted by molar-refractivity contribution is 6.08. The number of anilines is 1. The predicted octanol–water partition coefficient (Wildman–Crippen LogP) is 8.00. The third kappa shape index (κ3) is 8.01. The normalized spacial score (nSPS) is 12.2. The molecule has 1 N–H and O–H groups in total. The number of halogens is 3. The molecule has 1 atom stereocenters. The van der Waals surface area contributed by atoms with E-state index in [0.717, 1.165) is 41.5 Å². The molecule has 0 aliphatic rings. The number of amides is 2. The Morgan fingerprint density at radius 2 is 1.64 bits per heavy atom.